The molecule has 2 aromatic carbocycles. The van der Waals surface area contributed by atoms with Gasteiger partial charge in [-0.05, 0) is 37.5 Å². The largest absolute Gasteiger partial charge is 0.495 e. The summed E-state index contributed by atoms with van der Waals surface area (Å²) in [6, 6.07) is 14.6. The van der Waals surface area contributed by atoms with Crippen molar-refractivity contribution in [1.29, 1.82) is 0 Å². The van der Waals surface area contributed by atoms with E-state index < -0.39 is 12.0 Å². The minimum absolute atomic E-state index is 0.0949. The van der Waals surface area contributed by atoms with Crippen molar-refractivity contribution in [3.63, 3.8) is 0 Å². The van der Waals surface area contributed by atoms with Gasteiger partial charge in [0.25, 0.3) is 5.91 Å². The normalized spacial score (nSPS) is 14.8. The number of hydrogen-bond acceptors (Lipinski definition) is 4. The topological polar surface area (TPSA) is 64.6 Å². The van der Waals surface area contributed by atoms with E-state index in [2.05, 4.69) is 5.32 Å². The Morgan fingerprint density at radius 3 is 2.46 bits per heavy atom. The molecule has 3 rings (SSSR count). The SMILES string of the molecule is COc1ccc(C)cc1NC(=O)[C@H](OC(=O)C1CCC1)c1ccccc1. The van der Waals surface area contributed by atoms with Crippen LogP contribution in [-0.4, -0.2) is 19.0 Å². The lowest BCUT2D eigenvalue weighted by Gasteiger charge is -2.26. The van der Waals surface area contributed by atoms with Crippen molar-refractivity contribution in [2.24, 2.45) is 5.92 Å². The lowest BCUT2D eigenvalue weighted by molar-refractivity contribution is -0.161. The molecule has 136 valence electrons. The predicted molar refractivity (Wildman–Crippen MR) is 99.0 cm³/mol. The number of benzene rings is 2. The van der Waals surface area contributed by atoms with Crippen LogP contribution in [0.2, 0.25) is 0 Å². The fourth-order valence-corrected chi connectivity index (χ4v) is 2.87. The maximum absolute atomic E-state index is 12.9. The van der Waals surface area contributed by atoms with Crippen LogP contribution in [0.1, 0.15) is 36.5 Å². The summed E-state index contributed by atoms with van der Waals surface area (Å²) in [6.45, 7) is 1.93. The lowest BCUT2D eigenvalue weighted by Crippen LogP contribution is -2.31. The van der Waals surface area contributed by atoms with E-state index >= 15 is 0 Å². The summed E-state index contributed by atoms with van der Waals surface area (Å²) in [5, 5.41) is 2.84. The number of anilines is 1. The highest BCUT2D eigenvalue weighted by atomic mass is 16.5. The Morgan fingerprint density at radius 1 is 1.12 bits per heavy atom. The molecule has 0 heterocycles. The molecule has 1 fully saturated rings. The molecule has 1 N–H and O–H groups in total. The van der Waals surface area contributed by atoms with Gasteiger partial charge in [0.05, 0.1) is 18.7 Å². The van der Waals surface area contributed by atoms with Gasteiger partial charge in [0.1, 0.15) is 5.75 Å². The second-order valence-electron chi connectivity index (χ2n) is 6.55. The highest BCUT2D eigenvalue weighted by Gasteiger charge is 2.32. The predicted octanol–water partition coefficient (Wildman–Crippen LogP) is 4.03. The van der Waals surface area contributed by atoms with E-state index in [1.807, 2.05) is 37.3 Å². The molecular formula is C21H23NO4. The van der Waals surface area contributed by atoms with E-state index in [1.165, 1.54) is 0 Å². The van der Waals surface area contributed by atoms with E-state index in [1.54, 1.807) is 25.3 Å². The molecule has 0 saturated heterocycles. The van der Waals surface area contributed by atoms with Crippen LogP contribution in [0, 0.1) is 12.8 Å². The maximum Gasteiger partial charge on any atom is 0.310 e. The van der Waals surface area contributed by atoms with Crippen molar-refractivity contribution in [3.05, 3.63) is 59.7 Å². The average Bonchev–Trinajstić information content (AvgIpc) is 2.59. The fourth-order valence-electron chi connectivity index (χ4n) is 2.87. The molecule has 2 aromatic rings. The fraction of sp³-hybridized carbons (Fsp3) is 0.333. The molecule has 0 aromatic heterocycles. The number of carbonyl (C=O) groups excluding carboxylic acids is 2. The molecular weight excluding hydrogens is 330 g/mol. The average molecular weight is 353 g/mol. The van der Waals surface area contributed by atoms with E-state index in [-0.39, 0.29) is 11.9 Å². The van der Waals surface area contributed by atoms with Crippen molar-refractivity contribution in [2.75, 3.05) is 12.4 Å². The third-order valence-electron chi connectivity index (χ3n) is 4.63. The minimum Gasteiger partial charge on any atom is -0.495 e. The van der Waals surface area contributed by atoms with E-state index in [0.717, 1.165) is 24.8 Å². The summed E-state index contributed by atoms with van der Waals surface area (Å²) >= 11 is 0. The van der Waals surface area contributed by atoms with Crippen LogP contribution < -0.4 is 10.1 Å². The number of carbonyl (C=O) groups is 2. The van der Waals surface area contributed by atoms with Crippen molar-refractivity contribution in [2.45, 2.75) is 32.3 Å². The Kier molecular flexibility index (Phi) is 5.56. The van der Waals surface area contributed by atoms with Crippen molar-refractivity contribution < 1.29 is 19.1 Å². The Bertz CT molecular complexity index is 784. The third-order valence-corrected chi connectivity index (χ3v) is 4.63. The van der Waals surface area contributed by atoms with E-state index in [0.29, 0.717) is 17.0 Å². The van der Waals surface area contributed by atoms with Crippen LogP contribution in [0.3, 0.4) is 0 Å². The lowest BCUT2D eigenvalue weighted by atomic mass is 9.85. The molecule has 1 aliphatic rings. The van der Waals surface area contributed by atoms with Gasteiger partial charge in [-0.15, -0.1) is 0 Å². The number of rotatable bonds is 6. The van der Waals surface area contributed by atoms with Gasteiger partial charge >= 0.3 is 5.97 Å². The second kappa shape index (κ2) is 8.04. The van der Waals surface area contributed by atoms with Crippen LogP contribution in [0.4, 0.5) is 5.69 Å². The summed E-state index contributed by atoms with van der Waals surface area (Å²) in [5.41, 5.74) is 2.19. The molecule has 26 heavy (non-hydrogen) atoms. The molecule has 0 radical (unpaired) electrons. The molecule has 0 spiro atoms. The summed E-state index contributed by atoms with van der Waals surface area (Å²) < 4.78 is 10.9. The van der Waals surface area contributed by atoms with Crippen LogP contribution in [0.15, 0.2) is 48.5 Å². The number of nitrogens with one attached hydrogen (secondary N) is 1. The third kappa shape index (κ3) is 4.04. The monoisotopic (exact) mass is 353 g/mol. The van der Waals surface area contributed by atoms with Gasteiger partial charge < -0.3 is 14.8 Å². The van der Waals surface area contributed by atoms with Gasteiger partial charge in [0, 0.05) is 5.56 Å². The second-order valence-corrected chi connectivity index (χ2v) is 6.55. The Morgan fingerprint density at radius 2 is 1.85 bits per heavy atom. The summed E-state index contributed by atoms with van der Waals surface area (Å²) in [6.07, 6.45) is 1.69. The first-order chi connectivity index (χ1) is 12.6. The van der Waals surface area contributed by atoms with Gasteiger partial charge in [0.2, 0.25) is 6.10 Å². The number of hydrogen-bond donors (Lipinski definition) is 1. The molecule has 1 atom stereocenters. The Balaban J connectivity index is 1.82. The Hall–Kier alpha value is -2.82. The molecule has 5 nitrogen and oxygen atoms in total. The number of aryl methyl sites for hydroxylation is 1. The van der Waals surface area contributed by atoms with Crippen molar-refractivity contribution >= 4 is 17.6 Å². The highest BCUT2D eigenvalue weighted by Crippen LogP contribution is 2.31. The first-order valence-electron chi connectivity index (χ1n) is 8.79. The summed E-state index contributed by atoms with van der Waals surface area (Å²) in [5.74, 6) is -0.243. The number of ether oxygens (including phenoxy) is 2. The quantitative estimate of drug-likeness (QED) is 0.797. The standard InChI is InChI=1S/C21H23NO4/c1-14-11-12-18(25-2)17(13-14)22-20(23)19(15-7-4-3-5-8-15)26-21(24)16-9-6-10-16/h3-5,7-8,11-13,16,19H,6,9-10H2,1-2H3,(H,22,23)/t19-/m1/s1. The molecule has 5 heteroatoms. The van der Waals surface area contributed by atoms with Gasteiger partial charge in [-0.25, -0.2) is 0 Å². The molecule has 1 amide bonds. The van der Waals surface area contributed by atoms with Crippen LogP contribution in [0.25, 0.3) is 0 Å². The van der Waals surface area contributed by atoms with Gasteiger partial charge in [-0.1, -0.05) is 42.8 Å². The first-order valence-corrected chi connectivity index (χ1v) is 8.79. The molecule has 0 aliphatic heterocycles. The van der Waals surface area contributed by atoms with Gasteiger partial charge in [-0.2, -0.15) is 0 Å². The molecule has 1 saturated carbocycles. The molecule has 0 bridgehead atoms. The maximum atomic E-state index is 12.9. The van der Waals surface area contributed by atoms with Crippen molar-refractivity contribution in [3.8, 4) is 5.75 Å². The summed E-state index contributed by atoms with van der Waals surface area (Å²) in [7, 11) is 1.55. The smallest absolute Gasteiger partial charge is 0.310 e. The Labute approximate surface area is 153 Å². The van der Waals surface area contributed by atoms with E-state index in [4.69, 9.17) is 9.47 Å². The van der Waals surface area contributed by atoms with E-state index in [9.17, 15) is 9.59 Å². The zero-order valence-corrected chi connectivity index (χ0v) is 15.0. The van der Waals surface area contributed by atoms with Crippen LogP contribution >= 0.6 is 0 Å². The molecule has 1 aliphatic carbocycles. The van der Waals surface area contributed by atoms with Crippen LogP contribution in [-0.2, 0) is 14.3 Å². The number of methoxy groups -OCH3 is 1. The van der Waals surface area contributed by atoms with Gasteiger partial charge in [0.15, 0.2) is 0 Å². The molecule has 0 unspecified atom stereocenters. The van der Waals surface area contributed by atoms with Crippen molar-refractivity contribution in [1.82, 2.24) is 0 Å². The summed E-state index contributed by atoms with van der Waals surface area (Å²) in [4.78, 5) is 25.2. The zero-order chi connectivity index (χ0) is 18.5. The van der Waals surface area contributed by atoms with Gasteiger partial charge in [-0.3, -0.25) is 9.59 Å². The highest BCUT2D eigenvalue weighted by molar-refractivity contribution is 5.97. The zero-order valence-electron chi connectivity index (χ0n) is 15.0. The van der Waals surface area contributed by atoms with Crippen LogP contribution in [0.5, 0.6) is 5.75 Å². The minimum atomic E-state index is -0.991. The number of esters is 1. The first kappa shape index (κ1) is 18.0. The number of amides is 1.